The number of ether oxygens (including phenoxy) is 1. The molecule has 0 bridgehead atoms. The number of β-amino-alcohol motifs (C(OH)–C–C–N with tert-alkyl or cyclic N) is 1. The van der Waals surface area contributed by atoms with E-state index in [9.17, 15) is 18.7 Å². The Morgan fingerprint density at radius 2 is 1.70 bits per heavy atom. The number of carboxylic acid groups (broad SMARTS) is 1. The monoisotopic (exact) mass is 511 g/mol. The minimum atomic E-state index is -1.29. The lowest BCUT2D eigenvalue weighted by Crippen LogP contribution is -2.33. The van der Waals surface area contributed by atoms with E-state index in [1.807, 2.05) is 44.2 Å². The minimum Gasteiger partial charge on any atom is -0.478 e. The molecule has 4 rings (SSSR count). The van der Waals surface area contributed by atoms with Crippen molar-refractivity contribution in [2.75, 3.05) is 26.2 Å². The van der Waals surface area contributed by atoms with Crippen LogP contribution in [0, 0.1) is 25.5 Å². The Morgan fingerprint density at radius 3 is 2.32 bits per heavy atom. The number of aryl methyl sites for hydroxylation is 2. The molecule has 2 atom stereocenters. The van der Waals surface area contributed by atoms with Crippen LogP contribution in [0.5, 0.6) is 0 Å². The molecule has 1 fully saturated rings. The average molecular weight is 512 g/mol. The normalized spacial score (nSPS) is 15.1. The van der Waals surface area contributed by atoms with Gasteiger partial charge in [-0.05, 0) is 92.7 Å². The molecule has 1 heterocycles. The van der Waals surface area contributed by atoms with E-state index in [4.69, 9.17) is 9.84 Å². The quantitative estimate of drug-likeness (QED) is 0.379. The molecule has 2 unspecified atom stereocenters. The second-order valence-electron chi connectivity index (χ2n) is 9.48. The number of hydrogen-bond acceptors (Lipinski definition) is 4. The summed E-state index contributed by atoms with van der Waals surface area (Å²) in [6, 6.07) is 16.8. The van der Waals surface area contributed by atoms with Gasteiger partial charge in [-0.1, -0.05) is 42.5 Å². The molecule has 37 heavy (non-hydrogen) atoms. The summed E-state index contributed by atoms with van der Waals surface area (Å²) in [6.07, 6.45) is 1.50. The highest BCUT2D eigenvalue weighted by atomic mass is 19.1. The molecule has 198 valence electrons. The molecular formula is C30H35F2NO4. The van der Waals surface area contributed by atoms with E-state index in [0.29, 0.717) is 17.7 Å². The molecule has 5 nitrogen and oxygen atoms in total. The summed E-state index contributed by atoms with van der Waals surface area (Å²) >= 11 is 0. The van der Waals surface area contributed by atoms with Crippen LogP contribution in [0.25, 0.3) is 11.1 Å². The summed E-state index contributed by atoms with van der Waals surface area (Å²) in [4.78, 5) is 13.3. The van der Waals surface area contributed by atoms with Gasteiger partial charge >= 0.3 is 5.97 Å². The zero-order valence-electron chi connectivity index (χ0n) is 21.6. The molecule has 1 aliphatic rings. The van der Waals surface area contributed by atoms with Crippen LogP contribution in [-0.4, -0.2) is 53.4 Å². The summed E-state index contributed by atoms with van der Waals surface area (Å²) in [5.74, 6) is -2.18. The number of carbonyl (C=O) groups is 1. The van der Waals surface area contributed by atoms with E-state index in [-0.39, 0.29) is 24.1 Å². The van der Waals surface area contributed by atoms with Gasteiger partial charge in [-0.3, -0.25) is 0 Å². The lowest BCUT2D eigenvalue weighted by atomic mass is 9.95. The molecule has 7 heteroatoms. The summed E-state index contributed by atoms with van der Waals surface area (Å²) in [7, 11) is 0. The highest BCUT2D eigenvalue weighted by molar-refractivity contribution is 5.88. The number of nitrogens with zero attached hydrogens (tertiary/aromatic N) is 1. The number of halogens is 2. The third-order valence-corrected chi connectivity index (χ3v) is 6.44. The maximum Gasteiger partial charge on any atom is 0.338 e. The number of aliphatic hydroxyl groups is 1. The van der Waals surface area contributed by atoms with Crippen LogP contribution >= 0.6 is 0 Å². The topological polar surface area (TPSA) is 70.0 Å². The molecule has 1 saturated heterocycles. The molecule has 0 spiro atoms. The fourth-order valence-electron chi connectivity index (χ4n) is 4.33. The van der Waals surface area contributed by atoms with Crippen molar-refractivity contribution in [1.82, 2.24) is 4.90 Å². The molecular weight excluding hydrogens is 476 g/mol. The van der Waals surface area contributed by atoms with Crippen molar-refractivity contribution < 1.29 is 28.5 Å². The lowest BCUT2D eigenvalue weighted by Gasteiger charge is -2.22. The number of hydrogen-bond donors (Lipinski definition) is 2. The van der Waals surface area contributed by atoms with Crippen LogP contribution in [0.4, 0.5) is 8.78 Å². The summed E-state index contributed by atoms with van der Waals surface area (Å²) in [5.41, 5.74) is 3.55. The van der Waals surface area contributed by atoms with E-state index in [0.717, 1.165) is 29.8 Å². The van der Waals surface area contributed by atoms with E-state index in [1.165, 1.54) is 31.0 Å². The van der Waals surface area contributed by atoms with Crippen LogP contribution < -0.4 is 0 Å². The van der Waals surface area contributed by atoms with Crippen LogP contribution in [0.2, 0.25) is 0 Å². The zero-order chi connectivity index (χ0) is 26.9. The largest absolute Gasteiger partial charge is 0.478 e. The van der Waals surface area contributed by atoms with Gasteiger partial charge in [0.05, 0.1) is 24.4 Å². The first-order chi connectivity index (χ1) is 17.7. The fourth-order valence-corrected chi connectivity index (χ4v) is 4.33. The maximum absolute atomic E-state index is 14.1. The average Bonchev–Trinajstić information content (AvgIpc) is 3.38. The molecule has 1 aliphatic heterocycles. The Kier molecular flexibility index (Phi) is 10.3. The van der Waals surface area contributed by atoms with Crippen LogP contribution in [-0.2, 0) is 4.74 Å². The Morgan fingerprint density at radius 1 is 1.00 bits per heavy atom. The molecule has 0 aromatic heterocycles. The van der Waals surface area contributed by atoms with E-state index in [2.05, 4.69) is 4.90 Å². The standard InChI is InChI=1S/C22H26FNO4.C8H9F/c1-15(28-14-17(25)13-24-10-4-5-11-24)18-6-2-3-7-19(18)16-8-9-20(22(26)27)21(23)12-16;1-6-3-4-7(2)8(9)5-6/h2-3,6-9,12,15,17,25H,4-5,10-11,13-14H2,1H3,(H,26,27);3-5H,1-2H3. The predicted molar refractivity (Wildman–Crippen MR) is 141 cm³/mol. The third-order valence-electron chi connectivity index (χ3n) is 6.44. The predicted octanol–water partition coefficient (Wildman–Crippen LogP) is 6.17. The third kappa shape index (κ3) is 8.18. The molecule has 0 radical (unpaired) electrons. The van der Waals surface area contributed by atoms with Gasteiger partial charge in [0.15, 0.2) is 0 Å². The van der Waals surface area contributed by atoms with Gasteiger partial charge < -0.3 is 19.8 Å². The number of likely N-dealkylation sites (tertiary alicyclic amines) is 1. The highest BCUT2D eigenvalue weighted by Crippen LogP contribution is 2.31. The Labute approximate surface area is 217 Å². The fraction of sp³-hybridized carbons (Fsp3) is 0.367. The second-order valence-corrected chi connectivity index (χ2v) is 9.48. The van der Waals surface area contributed by atoms with Crippen LogP contribution in [0.1, 0.15) is 52.9 Å². The van der Waals surface area contributed by atoms with Gasteiger partial charge in [0.2, 0.25) is 0 Å². The van der Waals surface area contributed by atoms with Crippen LogP contribution in [0.15, 0.2) is 60.7 Å². The van der Waals surface area contributed by atoms with Crippen LogP contribution in [0.3, 0.4) is 0 Å². The zero-order valence-corrected chi connectivity index (χ0v) is 21.6. The van der Waals surface area contributed by atoms with Gasteiger partial charge in [-0.15, -0.1) is 0 Å². The number of benzene rings is 3. The van der Waals surface area contributed by atoms with Gasteiger partial charge in [-0.2, -0.15) is 0 Å². The van der Waals surface area contributed by atoms with E-state index < -0.39 is 17.9 Å². The van der Waals surface area contributed by atoms with Crippen molar-refractivity contribution in [3.63, 3.8) is 0 Å². The number of rotatable bonds is 8. The van der Waals surface area contributed by atoms with Crippen molar-refractivity contribution in [2.24, 2.45) is 0 Å². The SMILES string of the molecule is CC(OCC(O)CN1CCCC1)c1ccccc1-c1ccc(C(=O)O)c(F)c1.Cc1ccc(C)c(F)c1. The molecule has 0 amide bonds. The lowest BCUT2D eigenvalue weighted by molar-refractivity contribution is -0.0131. The first-order valence-corrected chi connectivity index (χ1v) is 12.5. The number of aromatic carboxylic acids is 1. The Hall–Kier alpha value is -3.13. The molecule has 3 aromatic rings. The maximum atomic E-state index is 14.1. The highest BCUT2D eigenvalue weighted by Gasteiger charge is 2.19. The Bertz CT molecular complexity index is 1190. The minimum absolute atomic E-state index is 0.116. The van der Waals surface area contributed by atoms with Gasteiger partial charge in [0.25, 0.3) is 0 Å². The van der Waals surface area contributed by atoms with E-state index >= 15 is 0 Å². The van der Waals surface area contributed by atoms with E-state index in [1.54, 1.807) is 19.1 Å². The van der Waals surface area contributed by atoms with Crippen molar-refractivity contribution >= 4 is 5.97 Å². The molecule has 0 saturated carbocycles. The second kappa shape index (κ2) is 13.4. The Balaban J connectivity index is 0.000000356. The van der Waals surface area contributed by atoms with Gasteiger partial charge in [-0.25, -0.2) is 13.6 Å². The smallest absolute Gasteiger partial charge is 0.338 e. The summed E-state index contributed by atoms with van der Waals surface area (Å²) in [5, 5.41) is 19.2. The molecule has 3 aromatic carbocycles. The van der Waals surface area contributed by atoms with Crippen molar-refractivity contribution in [3.8, 4) is 11.1 Å². The molecule has 0 aliphatic carbocycles. The molecule has 2 N–H and O–H groups in total. The summed E-state index contributed by atoms with van der Waals surface area (Å²) < 4.78 is 32.6. The van der Waals surface area contributed by atoms with Gasteiger partial charge in [0.1, 0.15) is 11.6 Å². The first kappa shape index (κ1) is 28.4. The van der Waals surface area contributed by atoms with Crippen molar-refractivity contribution in [2.45, 2.75) is 45.8 Å². The van der Waals surface area contributed by atoms with Crippen molar-refractivity contribution in [1.29, 1.82) is 0 Å². The number of carboxylic acids is 1. The van der Waals surface area contributed by atoms with Crippen molar-refractivity contribution in [3.05, 3.63) is 94.6 Å². The first-order valence-electron chi connectivity index (χ1n) is 12.5. The van der Waals surface area contributed by atoms with Gasteiger partial charge in [0, 0.05) is 6.54 Å². The number of aliphatic hydroxyl groups excluding tert-OH is 1. The summed E-state index contributed by atoms with van der Waals surface area (Å²) in [6.45, 7) is 8.40.